The molecule has 3 heteroatoms. The molecular weight excluding hydrogens is 789 g/mol. The van der Waals surface area contributed by atoms with E-state index in [9.17, 15) is 0 Å². The highest BCUT2D eigenvalue weighted by Crippen LogP contribution is 2.43. The Balaban J connectivity index is 0.895. The Kier molecular flexibility index (Phi) is 8.53. The molecule has 11 aromatic carbocycles. The van der Waals surface area contributed by atoms with Crippen LogP contribution in [0.2, 0.25) is 0 Å². The summed E-state index contributed by atoms with van der Waals surface area (Å²) in [6, 6.07) is 87.7. The second-order valence-corrected chi connectivity index (χ2v) is 16.9. The molecule has 0 aliphatic carbocycles. The van der Waals surface area contributed by atoms with Crippen molar-refractivity contribution in [3.63, 3.8) is 0 Å². The molecule has 2 aromatic heterocycles. The predicted octanol–water partition coefficient (Wildman–Crippen LogP) is 17.5. The fourth-order valence-corrected chi connectivity index (χ4v) is 10.1. The SMILES string of the molecule is c1cc(-c2cccc3c2oc2ccccc23)cc(N(c2ccc(-c3ccc(-c4ccccc4-n4c5ccccc5c5ccccc54)cc3)cc2)c2ccc3ccc4ccccc4c3c2)c1. The van der Waals surface area contributed by atoms with Gasteiger partial charge in [0.05, 0.1) is 16.7 Å². The van der Waals surface area contributed by atoms with Gasteiger partial charge in [-0.3, -0.25) is 0 Å². The van der Waals surface area contributed by atoms with Gasteiger partial charge in [0.1, 0.15) is 11.2 Å². The second kappa shape index (κ2) is 15.0. The van der Waals surface area contributed by atoms with Crippen LogP contribution >= 0.6 is 0 Å². The molecule has 13 rings (SSSR count). The number of para-hydroxylation sites is 5. The lowest BCUT2D eigenvalue weighted by atomic mass is 9.98. The van der Waals surface area contributed by atoms with Crippen molar-refractivity contribution < 1.29 is 4.42 Å². The Hall–Kier alpha value is -8.66. The maximum absolute atomic E-state index is 6.52. The quantitative estimate of drug-likeness (QED) is 0.149. The van der Waals surface area contributed by atoms with Crippen molar-refractivity contribution in [2.24, 2.45) is 0 Å². The van der Waals surface area contributed by atoms with E-state index >= 15 is 0 Å². The summed E-state index contributed by atoms with van der Waals surface area (Å²) >= 11 is 0. The van der Waals surface area contributed by atoms with E-state index in [0.29, 0.717) is 0 Å². The lowest BCUT2D eigenvalue weighted by Crippen LogP contribution is -2.10. The smallest absolute Gasteiger partial charge is 0.143 e. The largest absolute Gasteiger partial charge is 0.455 e. The standard InChI is InChI=1S/C62H40N2O/c1-2-16-50-43(13-1)31-32-45-35-38-49(40-57(45)50)63(48-15-11-14-46(39-48)52-21-12-22-56-55-20-6-10-26-61(55)65-62(52)56)47-36-33-42(34-37-47)41-27-29-44(30-28-41)51-17-3-7-23-58(51)64-59-24-8-4-18-53(59)54-19-5-9-25-60(54)64/h1-40H. The topological polar surface area (TPSA) is 21.3 Å². The van der Waals surface area contributed by atoms with Crippen LogP contribution in [0.25, 0.3) is 104 Å². The molecule has 0 unspecified atom stereocenters. The van der Waals surface area contributed by atoms with Gasteiger partial charge in [-0.15, -0.1) is 0 Å². The van der Waals surface area contributed by atoms with Crippen molar-refractivity contribution in [2.45, 2.75) is 0 Å². The molecule has 0 aliphatic heterocycles. The molecular formula is C62H40N2O. The van der Waals surface area contributed by atoms with Crippen molar-refractivity contribution in [3.8, 4) is 39.1 Å². The molecule has 2 heterocycles. The highest BCUT2D eigenvalue weighted by Gasteiger charge is 2.19. The maximum Gasteiger partial charge on any atom is 0.143 e. The normalized spacial score (nSPS) is 11.7. The monoisotopic (exact) mass is 828 g/mol. The molecule has 65 heavy (non-hydrogen) atoms. The van der Waals surface area contributed by atoms with E-state index in [-0.39, 0.29) is 0 Å². The number of nitrogens with zero attached hydrogens (tertiary/aromatic N) is 2. The average molecular weight is 829 g/mol. The van der Waals surface area contributed by atoms with Crippen LogP contribution in [-0.4, -0.2) is 4.57 Å². The molecule has 0 saturated heterocycles. The van der Waals surface area contributed by atoms with Crippen molar-refractivity contribution in [2.75, 3.05) is 4.90 Å². The Labute approximate surface area is 376 Å². The third-order valence-electron chi connectivity index (χ3n) is 13.2. The second-order valence-electron chi connectivity index (χ2n) is 16.9. The first kappa shape index (κ1) is 36.9. The number of anilines is 3. The molecule has 0 aliphatic rings. The van der Waals surface area contributed by atoms with Gasteiger partial charge in [0.2, 0.25) is 0 Å². The number of fused-ring (bicyclic) bond motifs is 9. The molecule has 304 valence electrons. The Morgan fingerprint density at radius 2 is 0.846 bits per heavy atom. The van der Waals surface area contributed by atoms with Crippen molar-refractivity contribution in [1.29, 1.82) is 0 Å². The van der Waals surface area contributed by atoms with Crippen LogP contribution in [0.3, 0.4) is 0 Å². The van der Waals surface area contributed by atoms with Crippen LogP contribution in [-0.2, 0) is 0 Å². The van der Waals surface area contributed by atoms with Gasteiger partial charge in [0.15, 0.2) is 0 Å². The zero-order chi connectivity index (χ0) is 42.8. The number of rotatable bonds is 7. The lowest BCUT2D eigenvalue weighted by molar-refractivity contribution is 0.670. The van der Waals surface area contributed by atoms with Crippen LogP contribution in [0.4, 0.5) is 17.1 Å². The fraction of sp³-hybridized carbons (Fsp3) is 0. The van der Waals surface area contributed by atoms with E-state index in [1.165, 1.54) is 65.7 Å². The number of benzene rings is 11. The van der Waals surface area contributed by atoms with E-state index in [4.69, 9.17) is 4.42 Å². The van der Waals surface area contributed by atoms with E-state index in [2.05, 4.69) is 240 Å². The van der Waals surface area contributed by atoms with E-state index in [0.717, 1.165) is 55.7 Å². The van der Waals surface area contributed by atoms with Crippen LogP contribution in [0, 0.1) is 0 Å². The van der Waals surface area contributed by atoms with Gasteiger partial charge < -0.3 is 13.9 Å². The third-order valence-corrected chi connectivity index (χ3v) is 13.2. The summed E-state index contributed by atoms with van der Waals surface area (Å²) in [4.78, 5) is 2.38. The fourth-order valence-electron chi connectivity index (χ4n) is 10.1. The van der Waals surface area contributed by atoms with Crippen molar-refractivity contribution in [1.82, 2.24) is 4.57 Å². The molecule has 0 amide bonds. The number of furan rings is 1. The molecule has 3 nitrogen and oxygen atoms in total. The van der Waals surface area contributed by atoms with Gasteiger partial charge in [0, 0.05) is 49.7 Å². The number of hydrogen-bond acceptors (Lipinski definition) is 2. The Bertz CT molecular complexity index is 3900. The Morgan fingerprint density at radius 3 is 1.63 bits per heavy atom. The zero-order valence-corrected chi connectivity index (χ0v) is 35.4. The first-order valence-corrected chi connectivity index (χ1v) is 22.2. The summed E-state index contributed by atoms with van der Waals surface area (Å²) in [5.74, 6) is 0. The van der Waals surface area contributed by atoms with Crippen LogP contribution in [0.15, 0.2) is 247 Å². The van der Waals surface area contributed by atoms with Gasteiger partial charge in [-0.2, -0.15) is 0 Å². The Morgan fingerprint density at radius 1 is 0.308 bits per heavy atom. The first-order chi connectivity index (χ1) is 32.2. The zero-order valence-electron chi connectivity index (χ0n) is 35.4. The molecule has 0 bridgehead atoms. The molecule has 0 radical (unpaired) electrons. The van der Waals surface area contributed by atoms with Gasteiger partial charge in [-0.1, -0.05) is 182 Å². The first-order valence-electron chi connectivity index (χ1n) is 22.2. The molecule has 13 aromatic rings. The van der Waals surface area contributed by atoms with Gasteiger partial charge >= 0.3 is 0 Å². The average Bonchev–Trinajstić information content (AvgIpc) is 3.93. The van der Waals surface area contributed by atoms with E-state index in [1.807, 2.05) is 12.1 Å². The minimum atomic E-state index is 0.898. The van der Waals surface area contributed by atoms with Crippen LogP contribution in [0.1, 0.15) is 0 Å². The summed E-state index contributed by atoms with van der Waals surface area (Å²) in [6.07, 6.45) is 0. The molecule has 0 saturated carbocycles. The number of hydrogen-bond donors (Lipinski definition) is 0. The number of aromatic nitrogens is 1. The summed E-state index contributed by atoms with van der Waals surface area (Å²) < 4.78 is 8.93. The van der Waals surface area contributed by atoms with Crippen LogP contribution < -0.4 is 4.90 Å². The highest BCUT2D eigenvalue weighted by molar-refractivity contribution is 6.12. The third kappa shape index (κ3) is 6.12. The highest BCUT2D eigenvalue weighted by atomic mass is 16.3. The summed E-state index contributed by atoms with van der Waals surface area (Å²) in [5.41, 5.74) is 15.5. The summed E-state index contributed by atoms with van der Waals surface area (Å²) in [5, 5.41) is 9.69. The molecule has 0 fully saturated rings. The van der Waals surface area contributed by atoms with E-state index < -0.39 is 0 Å². The summed E-state index contributed by atoms with van der Waals surface area (Å²) in [7, 11) is 0. The maximum atomic E-state index is 6.52. The van der Waals surface area contributed by atoms with E-state index in [1.54, 1.807) is 0 Å². The summed E-state index contributed by atoms with van der Waals surface area (Å²) in [6.45, 7) is 0. The van der Waals surface area contributed by atoms with Crippen molar-refractivity contribution in [3.05, 3.63) is 243 Å². The molecule has 0 N–H and O–H groups in total. The van der Waals surface area contributed by atoms with Crippen molar-refractivity contribution >= 4 is 82.4 Å². The molecule has 0 spiro atoms. The molecule has 0 atom stereocenters. The van der Waals surface area contributed by atoms with Crippen LogP contribution in [0.5, 0.6) is 0 Å². The van der Waals surface area contributed by atoms with Gasteiger partial charge in [-0.05, 0) is 104 Å². The predicted molar refractivity (Wildman–Crippen MR) is 274 cm³/mol. The minimum Gasteiger partial charge on any atom is -0.455 e. The lowest BCUT2D eigenvalue weighted by Gasteiger charge is -2.27. The van der Waals surface area contributed by atoms with Gasteiger partial charge in [-0.25, -0.2) is 0 Å². The van der Waals surface area contributed by atoms with Gasteiger partial charge in [0.25, 0.3) is 0 Å². The minimum absolute atomic E-state index is 0.898.